The summed E-state index contributed by atoms with van der Waals surface area (Å²) in [5.74, 6) is -0.744. The molecule has 0 bridgehead atoms. The van der Waals surface area contributed by atoms with Crippen LogP contribution < -0.4 is 4.74 Å². The first-order valence-corrected chi connectivity index (χ1v) is 7.10. The van der Waals surface area contributed by atoms with Gasteiger partial charge in [0.05, 0.1) is 12.8 Å². The Morgan fingerprint density at radius 1 is 1.00 bits per heavy atom. The fourth-order valence-corrected chi connectivity index (χ4v) is 2.28. The van der Waals surface area contributed by atoms with Gasteiger partial charge >= 0.3 is 0 Å². The van der Waals surface area contributed by atoms with E-state index in [0.717, 1.165) is 5.56 Å². The molecule has 114 valence electrons. The van der Waals surface area contributed by atoms with Crippen molar-refractivity contribution in [2.75, 3.05) is 7.11 Å². The standard InChI is InChI=1S/C19H14FNO2/c1-23-18-12-14(10-11-15(18)20)19(22)17-9-5-8-16(21-17)13-6-3-2-4-7-13/h2-12H,1H3. The van der Waals surface area contributed by atoms with Gasteiger partial charge in [-0.2, -0.15) is 0 Å². The monoisotopic (exact) mass is 307 g/mol. The molecular formula is C19H14FNO2. The van der Waals surface area contributed by atoms with E-state index in [-0.39, 0.29) is 11.5 Å². The lowest BCUT2D eigenvalue weighted by Gasteiger charge is -2.06. The predicted molar refractivity (Wildman–Crippen MR) is 86.1 cm³/mol. The van der Waals surface area contributed by atoms with Crippen LogP contribution in [0.3, 0.4) is 0 Å². The molecule has 4 heteroatoms. The summed E-state index contributed by atoms with van der Waals surface area (Å²) in [7, 11) is 1.36. The predicted octanol–water partition coefficient (Wildman–Crippen LogP) is 4.13. The first-order chi connectivity index (χ1) is 11.2. The van der Waals surface area contributed by atoms with E-state index in [4.69, 9.17) is 4.74 Å². The summed E-state index contributed by atoms with van der Waals surface area (Å²) in [6, 6.07) is 18.9. The molecule has 1 aromatic heterocycles. The fraction of sp³-hybridized carbons (Fsp3) is 0.0526. The van der Waals surface area contributed by atoms with Gasteiger partial charge in [-0.1, -0.05) is 36.4 Å². The van der Waals surface area contributed by atoms with Crippen molar-refractivity contribution < 1.29 is 13.9 Å². The van der Waals surface area contributed by atoms with Crippen LogP contribution in [-0.4, -0.2) is 17.9 Å². The number of pyridine rings is 1. The van der Waals surface area contributed by atoms with Crippen molar-refractivity contribution in [3.05, 3.63) is 83.8 Å². The Labute approximate surface area is 133 Å². The number of hydrogen-bond donors (Lipinski definition) is 0. The second-order valence-corrected chi connectivity index (χ2v) is 4.95. The van der Waals surface area contributed by atoms with Gasteiger partial charge in [0.15, 0.2) is 11.6 Å². The van der Waals surface area contributed by atoms with Gasteiger partial charge in [-0.3, -0.25) is 4.79 Å². The van der Waals surface area contributed by atoms with Crippen LogP contribution in [0.15, 0.2) is 66.7 Å². The van der Waals surface area contributed by atoms with Crippen LogP contribution in [0.5, 0.6) is 5.75 Å². The molecule has 0 saturated carbocycles. The van der Waals surface area contributed by atoms with Gasteiger partial charge in [0, 0.05) is 11.1 Å². The molecule has 0 aliphatic rings. The minimum Gasteiger partial charge on any atom is -0.494 e. The highest BCUT2D eigenvalue weighted by atomic mass is 19.1. The lowest BCUT2D eigenvalue weighted by atomic mass is 10.1. The zero-order valence-corrected chi connectivity index (χ0v) is 12.5. The number of aromatic nitrogens is 1. The Morgan fingerprint density at radius 2 is 1.78 bits per heavy atom. The quantitative estimate of drug-likeness (QED) is 0.680. The summed E-state index contributed by atoms with van der Waals surface area (Å²) in [5.41, 5.74) is 2.28. The molecule has 0 unspecified atom stereocenters. The van der Waals surface area contributed by atoms with E-state index in [0.29, 0.717) is 17.0 Å². The molecule has 3 aromatic rings. The van der Waals surface area contributed by atoms with Crippen LogP contribution >= 0.6 is 0 Å². The summed E-state index contributed by atoms with van der Waals surface area (Å²) < 4.78 is 18.4. The number of hydrogen-bond acceptors (Lipinski definition) is 3. The first kappa shape index (κ1) is 14.9. The molecule has 0 aliphatic carbocycles. The van der Waals surface area contributed by atoms with Gasteiger partial charge in [0.2, 0.25) is 5.78 Å². The molecule has 1 heterocycles. The SMILES string of the molecule is COc1cc(C(=O)c2cccc(-c3ccccc3)n2)ccc1F. The fourth-order valence-electron chi connectivity index (χ4n) is 2.28. The van der Waals surface area contributed by atoms with E-state index in [1.807, 2.05) is 36.4 Å². The lowest BCUT2D eigenvalue weighted by molar-refractivity contribution is 0.103. The number of ketones is 1. The topological polar surface area (TPSA) is 39.2 Å². The molecule has 0 spiro atoms. The van der Waals surface area contributed by atoms with Crippen LogP contribution in [0.25, 0.3) is 11.3 Å². The largest absolute Gasteiger partial charge is 0.494 e. The Kier molecular flexibility index (Phi) is 4.15. The second kappa shape index (κ2) is 6.40. The van der Waals surface area contributed by atoms with E-state index in [2.05, 4.69) is 4.98 Å². The zero-order valence-electron chi connectivity index (χ0n) is 12.5. The number of halogens is 1. The summed E-state index contributed by atoms with van der Waals surface area (Å²) in [5, 5.41) is 0. The maximum absolute atomic E-state index is 13.5. The number of carbonyl (C=O) groups is 1. The van der Waals surface area contributed by atoms with Gasteiger partial charge in [-0.25, -0.2) is 9.37 Å². The van der Waals surface area contributed by atoms with Crippen LogP contribution in [0, 0.1) is 5.82 Å². The third-order valence-electron chi connectivity index (χ3n) is 3.46. The molecule has 3 rings (SSSR count). The molecule has 2 aromatic carbocycles. The Balaban J connectivity index is 1.97. The number of carbonyl (C=O) groups excluding carboxylic acids is 1. The van der Waals surface area contributed by atoms with Crippen molar-refractivity contribution >= 4 is 5.78 Å². The molecule has 0 N–H and O–H groups in total. The van der Waals surface area contributed by atoms with Gasteiger partial charge in [0.25, 0.3) is 0 Å². The van der Waals surface area contributed by atoms with Crippen molar-refractivity contribution in [1.29, 1.82) is 0 Å². The van der Waals surface area contributed by atoms with Crippen molar-refractivity contribution in [3.63, 3.8) is 0 Å². The van der Waals surface area contributed by atoms with Gasteiger partial charge in [-0.15, -0.1) is 0 Å². The molecule has 0 saturated heterocycles. The summed E-state index contributed by atoms with van der Waals surface area (Å²) >= 11 is 0. The molecule has 23 heavy (non-hydrogen) atoms. The minimum absolute atomic E-state index is 0.0371. The average Bonchev–Trinajstić information content (AvgIpc) is 2.62. The van der Waals surface area contributed by atoms with E-state index in [1.54, 1.807) is 12.1 Å². The van der Waals surface area contributed by atoms with E-state index in [9.17, 15) is 9.18 Å². The molecule has 3 nitrogen and oxygen atoms in total. The lowest BCUT2D eigenvalue weighted by Crippen LogP contribution is -2.05. The smallest absolute Gasteiger partial charge is 0.211 e. The Morgan fingerprint density at radius 3 is 2.52 bits per heavy atom. The summed E-state index contributed by atoms with van der Waals surface area (Å²) in [6.07, 6.45) is 0. The molecule has 0 amide bonds. The third kappa shape index (κ3) is 3.11. The average molecular weight is 307 g/mol. The van der Waals surface area contributed by atoms with Crippen molar-refractivity contribution in [2.45, 2.75) is 0 Å². The molecule has 0 radical (unpaired) electrons. The number of methoxy groups -OCH3 is 1. The number of nitrogens with zero attached hydrogens (tertiary/aromatic N) is 1. The number of rotatable bonds is 4. The van der Waals surface area contributed by atoms with Crippen LogP contribution in [0.1, 0.15) is 16.1 Å². The van der Waals surface area contributed by atoms with Crippen molar-refractivity contribution in [3.8, 4) is 17.0 Å². The number of benzene rings is 2. The Bertz CT molecular complexity index is 847. The maximum atomic E-state index is 13.5. The minimum atomic E-state index is -0.505. The van der Waals surface area contributed by atoms with E-state index in [1.165, 1.54) is 25.3 Å². The Hall–Kier alpha value is -3.01. The summed E-state index contributed by atoms with van der Waals surface area (Å²) in [6.45, 7) is 0. The van der Waals surface area contributed by atoms with Crippen LogP contribution in [-0.2, 0) is 0 Å². The molecular weight excluding hydrogens is 293 g/mol. The second-order valence-electron chi connectivity index (χ2n) is 4.95. The normalized spacial score (nSPS) is 10.3. The first-order valence-electron chi connectivity index (χ1n) is 7.10. The van der Waals surface area contributed by atoms with Gasteiger partial charge < -0.3 is 4.74 Å². The molecule has 0 atom stereocenters. The van der Waals surface area contributed by atoms with E-state index >= 15 is 0 Å². The number of ether oxygens (including phenoxy) is 1. The molecule has 0 aliphatic heterocycles. The highest BCUT2D eigenvalue weighted by molar-refractivity contribution is 6.08. The van der Waals surface area contributed by atoms with Crippen molar-refractivity contribution in [2.24, 2.45) is 0 Å². The maximum Gasteiger partial charge on any atom is 0.211 e. The third-order valence-corrected chi connectivity index (χ3v) is 3.46. The van der Waals surface area contributed by atoms with Crippen LogP contribution in [0.2, 0.25) is 0 Å². The summed E-state index contributed by atoms with van der Waals surface area (Å²) in [4.78, 5) is 17.0. The molecule has 0 fully saturated rings. The van der Waals surface area contributed by atoms with Crippen molar-refractivity contribution in [1.82, 2.24) is 4.98 Å². The highest BCUT2D eigenvalue weighted by Gasteiger charge is 2.14. The highest BCUT2D eigenvalue weighted by Crippen LogP contribution is 2.21. The van der Waals surface area contributed by atoms with Gasteiger partial charge in [-0.05, 0) is 30.3 Å². The zero-order chi connectivity index (χ0) is 16.2. The van der Waals surface area contributed by atoms with E-state index < -0.39 is 5.82 Å². The van der Waals surface area contributed by atoms with Crippen LogP contribution in [0.4, 0.5) is 4.39 Å². The van der Waals surface area contributed by atoms with Gasteiger partial charge in [0.1, 0.15) is 5.69 Å².